The van der Waals surface area contributed by atoms with E-state index in [-0.39, 0.29) is 0 Å². The van der Waals surface area contributed by atoms with E-state index in [4.69, 9.17) is 10.5 Å². The Kier molecular flexibility index (Phi) is 2.91. The van der Waals surface area contributed by atoms with Gasteiger partial charge in [0.2, 0.25) is 0 Å². The second-order valence-corrected chi connectivity index (χ2v) is 3.82. The molecular formula is C8H10N6OS. The number of hydrogen-bond acceptors (Lipinski definition) is 7. The van der Waals surface area contributed by atoms with Crippen LogP contribution < -0.4 is 10.5 Å². The highest BCUT2D eigenvalue weighted by molar-refractivity contribution is 7.99. The van der Waals surface area contributed by atoms with Gasteiger partial charge in [0, 0.05) is 7.05 Å². The summed E-state index contributed by atoms with van der Waals surface area (Å²) in [6, 6.07) is 0. The van der Waals surface area contributed by atoms with Gasteiger partial charge in [0.15, 0.2) is 21.7 Å². The lowest BCUT2D eigenvalue weighted by atomic mass is 10.5. The van der Waals surface area contributed by atoms with Gasteiger partial charge in [0.1, 0.15) is 12.7 Å². The van der Waals surface area contributed by atoms with Crippen molar-refractivity contribution >= 4 is 17.6 Å². The molecule has 84 valence electrons. The summed E-state index contributed by atoms with van der Waals surface area (Å²) in [7, 11) is 3.32. The van der Waals surface area contributed by atoms with E-state index in [1.165, 1.54) is 31.5 Å². The topological polar surface area (TPSA) is 91.7 Å². The summed E-state index contributed by atoms with van der Waals surface area (Å²) >= 11 is 1.32. The van der Waals surface area contributed by atoms with Crippen molar-refractivity contribution in [2.45, 2.75) is 10.2 Å². The summed E-state index contributed by atoms with van der Waals surface area (Å²) in [4.78, 5) is 12.0. The summed E-state index contributed by atoms with van der Waals surface area (Å²) in [5.74, 6) is 0.762. The predicted octanol–water partition coefficient (Wildman–Crippen LogP) is 0.347. The highest BCUT2D eigenvalue weighted by Gasteiger charge is 2.13. The van der Waals surface area contributed by atoms with Crippen LogP contribution in [0.2, 0.25) is 0 Å². The summed E-state index contributed by atoms with van der Waals surface area (Å²) in [6.45, 7) is 0. The number of aromatic nitrogens is 5. The number of ether oxygens (including phenoxy) is 1. The van der Waals surface area contributed by atoms with Gasteiger partial charge < -0.3 is 10.5 Å². The Labute approximate surface area is 96.1 Å². The smallest absolute Gasteiger partial charge is 0.193 e. The largest absolute Gasteiger partial charge is 0.490 e. The second-order valence-electron chi connectivity index (χ2n) is 2.87. The highest BCUT2D eigenvalue weighted by atomic mass is 32.2. The summed E-state index contributed by atoms with van der Waals surface area (Å²) in [5, 5.41) is 5.28. The molecule has 0 aliphatic heterocycles. The van der Waals surface area contributed by atoms with Crippen LogP contribution in [-0.4, -0.2) is 31.8 Å². The molecule has 0 unspecified atom stereocenters. The third kappa shape index (κ3) is 1.91. The quantitative estimate of drug-likeness (QED) is 0.771. The standard InChI is InChI=1S/C8H10N6OS/c1-14-8(12-4-13-14)16-7-5(15-2)6(9)10-3-11-7/h3-4H,1-2H3,(H2,9,10,11). The van der Waals surface area contributed by atoms with Crippen molar-refractivity contribution in [2.24, 2.45) is 7.05 Å². The van der Waals surface area contributed by atoms with Crippen LogP contribution in [-0.2, 0) is 7.05 Å². The molecule has 0 amide bonds. The van der Waals surface area contributed by atoms with Crippen LogP contribution in [0.3, 0.4) is 0 Å². The van der Waals surface area contributed by atoms with Crippen molar-refractivity contribution in [3.05, 3.63) is 12.7 Å². The van der Waals surface area contributed by atoms with Gasteiger partial charge in [-0.3, -0.25) is 0 Å². The maximum absolute atomic E-state index is 5.67. The van der Waals surface area contributed by atoms with E-state index in [2.05, 4.69) is 20.1 Å². The number of aryl methyl sites for hydroxylation is 1. The van der Waals surface area contributed by atoms with Crippen molar-refractivity contribution in [1.29, 1.82) is 0 Å². The lowest BCUT2D eigenvalue weighted by Gasteiger charge is -2.07. The first-order valence-corrected chi connectivity index (χ1v) is 5.20. The van der Waals surface area contributed by atoms with Crippen LogP contribution in [0.4, 0.5) is 5.82 Å². The van der Waals surface area contributed by atoms with Gasteiger partial charge in [-0.2, -0.15) is 5.10 Å². The third-order valence-corrected chi connectivity index (χ3v) is 2.90. The van der Waals surface area contributed by atoms with Crippen molar-refractivity contribution < 1.29 is 4.74 Å². The fourth-order valence-corrected chi connectivity index (χ4v) is 1.93. The fraction of sp³-hybridized carbons (Fsp3) is 0.250. The Morgan fingerprint density at radius 3 is 2.75 bits per heavy atom. The number of methoxy groups -OCH3 is 1. The van der Waals surface area contributed by atoms with Gasteiger partial charge in [-0.1, -0.05) is 0 Å². The molecule has 0 atom stereocenters. The van der Waals surface area contributed by atoms with Crippen LogP contribution in [0.25, 0.3) is 0 Å². The predicted molar refractivity (Wildman–Crippen MR) is 58.1 cm³/mol. The summed E-state index contributed by atoms with van der Waals surface area (Å²) < 4.78 is 6.78. The third-order valence-electron chi connectivity index (χ3n) is 1.86. The maximum atomic E-state index is 5.67. The van der Waals surface area contributed by atoms with E-state index in [1.807, 2.05) is 0 Å². The van der Waals surface area contributed by atoms with E-state index >= 15 is 0 Å². The molecule has 7 nitrogen and oxygen atoms in total. The average molecular weight is 238 g/mol. The van der Waals surface area contributed by atoms with Gasteiger partial charge in [-0.15, -0.1) is 0 Å². The monoisotopic (exact) mass is 238 g/mol. The van der Waals surface area contributed by atoms with Crippen molar-refractivity contribution in [2.75, 3.05) is 12.8 Å². The second kappa shape index (κ2) is 4.35. The Morgan fingerprint density at radius 2 is 2.12 bits per heavy atom. The minimum atomic E-state index is 0.308. The average Bonchev–Trinajstić information content (AvgIpc) is 2.65. The molecule has 2 heterocycles. The van der Waals surface area contributed by atoms with Crippen molar-refractivity contribution in [1.82, 2.24) is 24.7 Å². The first-order chi connectivity index (χ1) is 7.72. The number of hydrogen-bond donors (Lipinski definition) is 1. The van der Waals surface area contributed by atoms with Gasteiger partial charge in [0.05, 0.1) is 7.11 Å². The Balaban J connectivity index is 2.35. The van der Waals surface area contributed by atoms with E-state index in [0.717, 1.165) is 0 Å². The molecule has 0 saturated heterocycles. The normalized spacial score (nSPS) is 10.4. The fourth-order valence-electron chi connectivity index (χ4n) is 1.10. The molecule has 16 heavy (non-hydrogen) atoms. The molecule has 0 aliphatic carbocycles. The molecule has 0 spiro atoms. The highest BCUT2D eigenvalue weighted by Crippen LogP contribution is 2.33. The van der Waals surface area contributed by atoms with E-state index in [0.29, 0.717) is 21.7 Å². The van der Waals surface area contributed by atoms with E-state index < -0.39 is 0 Å². The number of rotatable bonds is 3. The van der Waals surface area contributed by atoms with Crippen LogP contribution in [0.5, 0.6) is 5.75 Å². The minimum Gasteiger partial charge on any atom is -0.490 e. The molecule has 0 saturated carbocycles. The van der Waals surface area contributed by atoms with Crippen LogP contribution >= 0.6 is 11.8 Å². The zero-order chi connectivity index (χ0) is 11.5. The molecule has 0 bridgehead atoms. The lowest BCUT2D eigenvalue weighted by Crippen LogP contribution is -2.00. The van der Waals surface area contributed by atoms with Crippen molar-refractivity contribution in [3.8, 4) is 5.75 Å². The summed E-state index contributed by atoms with van der Waals surface area (Å²) in [6.07, 6.45) is 2.86. The Morgan fingerprint density at radius 1 is 1.31 bits per heavy atom. The number of nitrogens with two attached hydrogens (primary N) is 1. The first kappa shape index (κ1) is 10.7. The molecule has 2 N–H and O–H groups in total. The minimum absolute atomic E-state index is 0.308. The zero-order valence-corrected chi connectivity index (χ0v) is 9.60. The molecule has 0 aliphatic rings. The Hall–Kier alpha value is -1.83. The number of nitrogens with zero attached hydrogens (tertiary/aromatic N) is 5. The van der Waals surface area contributed by atoms with Crippen molar-refractivity contribution in [3.63, 3.8) is 0 Å². The molecule has 2 rings (SSSR count). The van der Waals surface area contributed by atoms with E-state index in [9.17, 15) is 0 Å². The Bertz CT molecular complexity index is 499. The zero-order valence-electron chi connectivity index (χ0n) is 8.78. The maximum Gasteiger partial charge on any atom is 0.193 e. The van der Waals surface area contributed by atoms with Gasteiger partial charge in [0.25, 0.3) is 0 Å². The number of nitrogen functional groups attached to an aromatic ring is 1. The lowest BCUT2D eigenvalue weighted by molar-refractivity contribution is 0.401. The molecule has 8 heteroatoms. The molecule has 2 aromatic rings. The first-order valence-electron chi connectivity index (χ1n) is 4.38. The van der Waals surface area contributed by atoms with Gasteiger partial charge in [-0.25, -0.2) is 19.6 Å². The molecule has 0 radical (unpaired) electrons. The molecule has 0 fully saturated rings. The SMILES string of the molecule is COc1c(N)ncnc1Sc1ncnn1C. The van der Waals surface area contributed by atoms with Gasteiger partial charge in [-0.05, 0) is 11.8 Å². The molecule has 0 aromatic carbocycles. The van der Waals surface area contributed by atoms with Crippen LogP contribution in [0.1, 0.15) is 0 Å². The van der Waals surface area contributed by atoms with Crippen LogP contribution in [0, 0.1) is 0 Å². The molecule has 2 aromatic heterocycles. The molecular weight excluding hydrogens is 228 g/mol. The summed E-state index contributed by atoms with van der Waals surface area (Å²) in [5.41, 5.74) is 5.67. The van der Waals surface area contributed by atoms with Crippen LogP contribution in [0.15, 0.2) is 22.8 Å². The number of anilines is 1. The van der Waals surface area contributed by atoms with Gasteiger partial charge >= 0.3 is 0 Å². The van der Waals surface area contributed by atoms with E-state index in [1.54, 1.807) is 11.7 Å².